The van der Waals surface area contributed by atoms with Gasteiger partial charge in [-0.1, -0.05) is 27.0 Å². The van der Waals surface area contributed by atoms with Gasteiger partial charge >= 0.3 is 11.4 Å². The van der Waals surface area contributed by atoms with Crippen molar-refractivity contribution < 1.29 is 27.4 Å². The minimum atomic E-state index is -0.818. The summed E-state index contributed by atoms with van der Waals surface area (Å²) in [5.74, 6) is -3.10. The number of nitrogens with two attached hydrogens (primary N) is 1. The minimum Gasteiger partial charge on any atom is -0.394 e. The van der Waals surface area contributed by atoms with Crippen LogP contribution in [-0.4, -0.2) is 42.9 Å². The van der Waals surface area contributed by atoms with Crippen LogP contribution in [0.5, 0.6) is 0 Å². The minimum absolute atomic E-state index is 0. The Hall–Kier alpha value is -5.39. The van der Waals surface area contributed by atoms with E-state index in [1.165, 1.54) is 12.1 Å². The van der Waals surface area contributed by atoms with Crippen molar-refractivity contribution in [2.24, 2.45) is 0 Å². The second kappa shape index (κ2) is 19.0. The molecule has 14 nitrogen and oxygen atoms in total. The molecule has 0 bridgehead atoms. The van der Waals surface area contributed by atoms with Crippen LogP contribution < -0.4 is 21.7 Å². The summed E-state index contributed by atoms with van der Waals surface area (Å²) in [7, 11) is 0. The first-order chi connectivity index (χ1) is 20.4. The number of nitro groups is 2. The normalized spacial score (nSPS) is 9.49. The third kappa shape index (κ3) is 11.7. The summed E-state index contributed by atoms with van der Waals surface area (Å²) < 4.78 is 51.4. The lowest BCUT2D eigenvalue weighted by Crippen LogP contribution is -2.08. The summed E-state index contributed by atoms with van der Waals surface area (Å²) in [4.78, 5) is 34.8. The van der Waals surface area contributed by atoms with Crippen LogP contribution in [0.4, 0.5) is 57.9 Å². The van der Waals surface area contributed by atoms with E-state index in [1.54, 1.807) is 13.8 Å². The van der Waals surface area contributed by atoms with Crippen molar-refractivity contribution in [1.82, 2.24) is 19.9 Å². The standard InChI is InChI=1S/C12H11F2N5O2.C6H7ClN4O2.C6H5F2N.2CH4/c1-2-15-11-9(19(20)21)6-16-12(18-11)17-10-7(13)4-3-5-8(10)14;1-2-8-5-4(11(12)13)3-9-6(7)10-5;7-4-2-1-3-5(8)6(4)9;;/h3-6H,2H2,1H3,(H2,15,16,17,18);3H,2H2,1H3,(H,8,9,10);1-3H,9H2;2*1H4. The van der Waals surface area contributed by atoms with E-state index >= 15 is 0 Å². The number of rotatable bonds is 8. The first-order valence-corrected chi connectivity index (χ1v) is 12.3. The Kier molecular flexibility index (Phi) is 16.7. The molecule has 244 valence electrons. The first kappa shape index (κ1) is 39.6. The summed E-state index contributed by atoms with van der Waals surface area (Å²) in [6, 6.07) is 6.85. The van der Waals surface area contributed by atoms with E-state index in [1.807, 2.05) is 0 Å². The molecule has 0 aliphatic rings. The maximum Gasteiger partial charge on any atom is 0.329 e. The molecule has 0 amide bonds. The van der Waals surface area contributed by atoms with Gasteiger partial charge in [0.1, 0.15) is 47.0 Å². The predicted octanol–water partition coefficient (Wildman–Crippen LogP) is 7.13. The number of nitrogen functional groups attached to an aromatic ring is 1. The highest BCUT2D eigenvalue weighted by atomic mass is 35.5. The predicted molar refractivity (Wildman–Crippen MR) is 165 cm³/mol. The quantitative estimate of drug-likeness (QED) is 0.0491. The summed E-state index contributed by atoms with van der Waals surface area (Å²) in [6.45, 7) is 4.47. The van der Waals surface area contributed by atoms with E-state index in [0.717, 1.165) is 36.7 Å². The van der Waals surface area contributed by atoms with Crippen LogP contribution in [0.2, 0.25) is 5.28 Å². The first-order valence-electron chi connectivity index (χ1n) is 12.0. The maximum absolute atomic E-state index is 13.5. The van der Waals surface area contributed by atoms with Crippen LogP contribution in [0.15, 0.2) is 48.8 Å². The average molecular weight is 659 g/mol. The fourth-order valence-corrected chi connectivity index (χ4v) is 3.02. The van der Waals surface area contributed by atoms with Gasteiger partial charge < -0.3 is 21.7 Å². The van der Waals surface area contributed by atoms with E-state index in [0.29, 0.717) is 13.1 Å². The largest absolute Gasteiger partial charge is 0.394 e. The molecule has 0 atom stereocenters. The monoisotopic (exact) mass is 658 g/mol. The molecule has 19 heteroatoms. The molecular weight excluding hydrogens is 628 g/mol. The second-order valence-electron chi connectivity index (χ2n) is 7.73. The molecule has 0 saturated heterocycles. The lowest BCUT2D eigenvalue weighted by atomic mass is 10.3. The van der Waals surface area contributed by atoms with Gasteiger partial charge in [0.05, 0.1) is 9.85 Å². The van der Waals surface area contributed by atoms with Crippen molar-refractivity contribution in [3.8, 4) is 0 Å². The maximum atomic E-state index is 13.5. The highest BCUT2D eigenvalue weighted by Crippen LogP contribution is 2.26. The van der Waals surface area contributed by atoms with Crippen LogP contribution in [0.1, 0.15) is 28.7 Å². The molecule has 4 aromatic rings. The van der Waals surface area contributed by atoms with E-state index < -0.39 is 44.5 Å². The van der Waals surface area contributed by atoms with Crippen molar-refractivity contribution in [1.29, 1.82) is 0 Å². The number of para-hydroxylation sites is 2. The zero-order valence-corrected chi connectivity index (χ0v) is 23.1. The van der Waals surface area contributed by atoms with Crippen molar-refractivity contribution in [3.63, 3.8) is 0 Å². The summed E-state index contributed by atoms with van der Waals surface area (Å²) in [6.07, 6.45) is 2.04. The number of benzene rings is 2. The number of hydrogen-bond donors (Lipinski definition) is 4. The van der Waals surface area contributed by atoms with Gasteiger partial charge in [-0.05, 0) is 49.7 Å². The summed E-state index contributed by atoms with van der Waals surface area (Å²) >= 11 is 5.47. The average Bonchev–Trinajstić information content (AvgIpc) is 2.95. The van der Waals surface area contributed by atoms with Gasteiger partial charge in [-0.2, -0.15) is 9.97 Å². The fraction of sp³-hybridized carbons (Fsp3) is 0.231. The lowest BCUT2D eigenvalue weighted by Gasteiger charge is -2.09. The highest BCUT2D eigenvalue weighted by molar-refractivity contribution is 6.28. The van der Waals surface area contributed by atoms with E-state index in [4.69, 9.17) is 17.3 Å². The van der Waals surface area contributed by atoms with Crippen LogP contribution in [0, 0.1) is 43.5 Å². The van der Waals surface area contributed by atoms with E-state index in [2.05, 4.69) is 35.9 Å². The van der Waals surface area contributed by atoms with Crippen LogP contribution in [0.3, 0.4) is 0 Å². The van der Waals surface area contributed by atoms with Gasteiger partial charge in [0.2, 0.25) is 22.9 Å². The van der Waals surface area contributed by atoms with Crippen LogP contribution in [0.25, 0.3) is 0 Å². The van der Waals surface area contributed by atoms with Gasteiger partial charge in [-0.3, -0.25) is 20.2 Å². The van der Waals surface area contributed by atoms with Crippen molar-refractivity contribution >= 4 is 51.9 Å². The number of anilines is 5. The topological polar surface area (TPSA) is 200 Å². The molecule has 45 heavy (non-hydrogen) atoms. The number of nitrogens with zero attached hydrogens (tertiary/aromatic N) is 6. The Morgan fingerprint density at radius 2 is 1.20 bits per heavy atom. The van der Waals surface area contributed by atoms with Gasteiger partial charge in [0.15, 0.2) is 0 Å². The van der Waals surface area contributed by atoms with Gasteiger partial charge in [0.25, 0.3) is 0 Å². The molecular formula is C26H31ClF4N10O4. The molecule has 2 aromatic carbocycles. The third-order valence-corrected chi connectivity index (χ3v) is 4.97. The van der Waals surface area contributed by atoms with Crippen molar-refractivity contribution in [2.75, 3.05) is 34.8 Å². The van der Waals surface area contributed by atoms with Gasteiger partial charge in [-0.15, -0.1) is 0 Å². The molecule has 0 spiro atoms. The zero-order valence-electron chi connectivity index (χ0n) is 22.3. The second-order valence-corrected chi connectivity index (χ2v) is 8.07. The molecule has 0 aliphatic carbocycles. The molecule has 0 saturated carbocycles. The molecule has 0 radical (unpaired) electrons. The van der Waals surface area contributed by atoms with Crippen molar-refractivity contribution in [2.45, 2.75) is 28.7 Å². The number of nitrogens with one attached hydrogen (secondary N) is 3. The Balaban J connectivity index is 0.000000692. The Labute approximate surface area is 260 Å². The van der Waals surface area contributed by atoms with Gasteiger partial charge in [0, 0.05) is 13.1 Å². The van der Waals surface area contributed by atoms with E-state index in [9.17, 15) is 37.8 Å². The van der Waals surface area contributed by atoms with Crippen LogP contribution in [-0.2, 0) is 0 Å². The molecule has 0 unspecified atom stereocenters. The molecule has 2 heterocycles. The molecule has 2 aromatic heterocycles. The van der Waals surface area contributed by atoms with Crippen molar-refractivity contribution in [3.05, 3.63) is 97.6 Å². The van der Waals surface area contributed by atoms with E-state index in [-0.39, 0.29) is 49.1 Å². The summed E-state index contributed by atoms with van der Waals surface area (Å²) in [5.41, 5.74) is 3.59. The zero-order chi connectivity index (χ0) is 32.1. The summed E-state index contributed by atoms with van der Waals surface area (Å²) in [5, 5.41) is 29.0. The number of hydrogen-bond acceptors (Lipinski definition) is 12. The fourth-order valence-electron chi connectivity index (χ4n) is 2.89. The highest BCUT2D eigenvalue weighted by Gasteiger charge is 2.18. The van der Waals surface area contributed by atoms with Crippen LogP contribution >= 0.6 is 11.6 Å². The number of halogens is 5. The Morgan fingerprint density at radius 3 is 1.62 bits per heavy atom. The SMILES string of the molecule is C.C.CCNc1nc(Cl)ncc1[N+](=O)[O-].CCNc1nc(Nc2c(F)cccc2F)ncc1[N+](=O)[O-].Nc1c(F)cccc1F. The molecule has 5 N–H and O–H groups in total. The Bertz CT molecular complexity index is 1550. The molecule has 4 rings (SSSR count). The van der Waals surface area contributed by atoms with Gasteiger partial charge in [-0.25, -0.2) is 27.5 Å². The number of aromatic nitrogens is 4. The molecule has 0 aliphatic heterocycles. The lowest BCUT2D eigenvalue weighted by molar-refractivity contribution is -0.384. The smallest absolute Gasteiger partial charge is 0.329 e. The molecule has 0 fully saturated rings. The third-order valence-electron chi connectivity index (χ3n) is 4.79. The Morgan fingerprint density at radius 1 is 0.778 bits per heavy atom.